The predicted molar refractivity (Wildman–Crippen MR) is 155 cm³/mol. The van der Waals surface area contributed by atoms with E-state index in [1.165, 1.54) is 63.3 Å². The van der Waals surface area contributed by atoms with Gasteiger partial charge in [0.1, 0.15) is 0 Å². The Bertz CT molecular complexity index is 1230. The van der Waals surface area contributed by atoms with Gasteiger partial charge in [-0.1, -0.05) is 0 Å². The normalized spacial score (nSPS) is 11.7. The van der Waals surface area contributed by atoms with Gasteiger partial charge < -0.3 is 0 Å². The van der Waals surface area contributed by atoms with Crippen molar-refractivity contribution in [2.45, 2.75) is 62.3 Å². The molecule has 0 N–H and O–H groups in total. The summed E-state index contributed by atoms with van der Waals surface area (Å²) in [5.41, 5.74) is 11.2. The molecule has 0 aliphatic rings. The van der Waals surface area contributed by atoms with Crippen molar-refractivity contribution < 1.29 is 4.79 Å². The molecule has 3 heteroatoms. The second kappa shape index (κ2) is 9.56. The van der Waals surface area contributed by atoms with Gasteiger partial charge in [0.05, 0.1) is 0 Å². The summed E-state index contributed by atoms with van der Waals surface area (Å²) in [7, 11) is 0. The maximum atomic E-state index is 15.2. The van der Waals surface area contributed by atoms with Crippen molar-refractivity contribution in [3.8, 4) is 0 Å². The standard InChI is InChI=1S/C32H36GeOS/c1-19-13-22(4)29(23(5)14-19)33(32(34)28-11-10-12-35-28,30-24(6)15-20(2)16-25(30)7)31-26(8)17-21(3)18-27(31)9/h10-18H,1-9H3. The van der Waals surface area contributed by atoms with E-state index in [0.29, 0.717) is 4.62 Å². The second-order valence-electron chi connectivity index (χ2n) is 10.4. The Kier molecular flexibility index (Phi) is 7.01. The average molecular weight is 541 g/mol. The molecule has 180 valence electrons. The van der Waals surface area contributed by atoms with Crippen molar-refractivity contribution in [3.05, 3.63) is 109 Å². The first-order chi connectivity index (χ1) is 16.5. The Morgan fingerprint density at radius 2 is 0.886 bits per heavy atom. The second-order valence-corrected chi connectivity index (χ2v) is 18.6. The third-order valence-corrected chi connectivity index (χ3v) is 20.2. The van der Waals surface area contributed by atoms with Gasteiger partial charge in [-0.25, -0.2) is 0 Å². The zero-order chi connectivity index (χ0) is 25.7. The summed E-state index contributed by atoms with van der Waals surface area (Å²) < 4.78 is 4.26. The van der Waals surface area contributed by atoms with Crippen LogP contribution in [0.5, 0.6) is 0 Å². The van der Waals surface area contributed by atoms with E-state index in [9.17, 15) is 0 Å². The summed E-state index contributed by atoms with van der Waals surface area (Å²) in [6.07, 6.45) is 0. The predicted octanol–water partition coefficient (Wildman–Crippen LogP) is 6.42. The van der Waals surface area contributed by atoms with E-state index in [0.717, 1.165) is 4.88 Å². The van der Waals surface area contributed by atoms with Crippen LogP contribution >= 0.6 is 11.3 Å². The number of hydrogen-bond donors (Lipinski definition) is 0. The number of carbonyl (C=O) groups is 1. The van der Waals surface area contributed by atoms with Gasteiger partial charge in [0.15, 0.2) is 0 Å². The summed E-state index contributed by atoms with van der Waals surface area (Å²) in [6.45, 7) is 19.8. The van der Waals surface area contributed by atoms with Crippen LogP contribution < -0.4 is 13.2 Å². The maximum absolute atomic E-state index is 15.2. The first kappa shape index (κ1) is 25.7. The number of benzene rings is 3. The van der Waals surface area contributed by atoms with Crippen molar-refractivity contribution >= 4 is 42.4 Å². The van der Waals surface area contributed by atoms with Crippen LogP contribution in [0.2, 0.25) is 0 Å². The van der Waals surface area contributed by atoms with Crippen molar-refractivity contribution in [3.63, 3.8) is 0 Å². The van der Waals surface area contributed by atoms with Gasteiger partial charge in [-0.3, -0.25) is 0 Å². The number of thiophene rings is 1. The number of aryl methyl sites for hydroxylation is 9. The van der Waals surface area contributed by atoms with E-state index in [-0.39, 0.29) is 0 Å². The molecule has 0 radical (unpaired) electrons. The number of carbonyl (C=O) groups excluding carboxylic acids is 1. The van der Waals surface area contributed by atoms with E-state index >= 15 is 4.79 Å². The molecule has 0 saturated carbocycles. The zero-order valence-electron chi connectivity index (χ0n) is 22.5. The summed E-state index contributed by atoms with van der Waals surface area (Å²) in [4.78, 5) is 16.1. The third kappa shape index (κ3) is 4.25. The quantitative estimate of drug-likeness (QED) is 0.267. The Hall–Kier alpha value is -2.43. The minimum atomic E-state index is -3.98. The van der Waals surface area contributed by atoms with Crippen molar-refractivity contribution in [1.82, 2.24) is 0 Å². The van der Waals surface area contributed by atoms with E-state index in [1.54, 1.807) is 11.3 Å². The van der Waals surface area contributed by atoms with Gasteiger partial charge in [0.2, 0.25) is 0 Å². The molecule has 0 aliphatic heterocycles. The topological polar surface area (TPSA) is 17.1 Å². The molecule has 3 aromatic carbocycles. The molecule has 0 bridgehead atoms. The van der Waals surface area contributed by atoms with Crippen molar-refractivity contribution in [1.29, 1.82) is 0 Å². The minimum absolute atomic E-state index is 0.347. The van der Waals surface area contributed by atoms with Crippen LogP contribution in [0.3, 0.4) is 0 Å². The fourth-order valence-corrected chi connectivity index (χ4v) is 20.7. The van der Waals surface area contributed by atoms with Crippen LogP contribution in [0.1, 0.15) is 59.7 Å². The molecule has 35 heavy (non-hydrogen) atoms. The van der Waals surface area contributed by atoms with Crippen LogP contribution in [0.4, 0.5) is 0 Å². The fraction of sp³-hybridized carbons (Fsp3) is 0.281. The Balaban J connectivity index is 2.35. The summed E-state index contributed by atoms with van der Waals surface area (Å²) in [6, 6.07) is 17.7. The molecule has 4 aromatic rings. The van der Waals surface area contributed by atoms with Gasteiger partial charge in [-0.2, -0.15) is 0 Å². The van der Waals surface area contributed by atoms with E-state index in [1.807, 2.05) is 17.5 Å². The molecule has 0 saturated heterocycles. The molecular formula is C32H36GeOS. The first-order valence-corrected chi connectivity index (χ1v) is 17.4. The zero-order valence-corrected chi connectivity index (χ0v) is 25.4. The van der Waals surface area contributed by atoms with Crippen LogP contribution in [0.15, 0.2) is 53.9 Å². The summed E-state index contributed by atoms with van der Waals surface area (Å²) in [5.74, 6) is 0. The van der Waals surface area contributed by atoms with Gasteiger partial charge in [-0.15, -0.1) is 0 Å². The van der Waals surface area contributed by atoms with Crippen LogP contribution in [-0.2, 0) is 0 Å². The summed E-state index contributed by atoms with van der Waals surface area (Å²) in [5, 5.41) is 2.04. The molecule has 0 aliphatic carbocycles. The van der Waals surface area contributed by atoms with Gasteiger partial charge in [0, 0.05) is 0 Å². The summed E-state index contributed by atoms with van der Waals surface area (Å²) >= 11 is -2.40. The van der Waals surface area contributed by atoms with Crippen molar-refractivity contribution in [2.75, 3.05) is 0 Å². The molecule has 0 unspecified atom stereocenters. The molecule has 0 spiro atoms. The van der Waals surface area contributed by atoms with Gasteiger partial charge in [-0.05, 0) is 0 Å². The van der Waals surface area contributed by atoms with E-state index in [2.05, 4.69) is 98.7 Å². The van der Waals surface area contributed by atoms with Crippen molar-refractivity contribution in [2.24, 2.45) is 0 Å². The SMILES string of the molecule is Cc1cc(C)[c]([Ge]([C](=O)c2cccs2)([c]2c(C)cc(C)cc2C)[c]2c(C)cc(C)cc2C)c(C)c1. The Labute approximate surface area is 217 Å². The molecule has 0 atom stereocenters. The first-order valence-electron chi connectivity index (χ1n) is 12.3. The number of hydrogen-bond acceptors (Lipinski definition) is 2. The Morgan fingerprint density at radius 1 is 0.571 bits per heavy atom. The molecule has 4 rings (SSSR count). The monoisotopic (exact) mass is 542 g/mol. The molecular weight excluding hydrogens is 505 g/mol. The fourth-order valence-electron chi connectivity index (χ4n) is 6.62. The molecule has 1 nitrogen and oxygen atoms in total. The van der Waals surface area contributed by atoms with Gasteiger partial charge in [0.25, 0.3) is 0 Å². The van der Waals surface area contributed by atoms with Crippen LogP contribution in [0, 0.1) is 62.3 Å². The molecule has 0 fully saturated rings. The molecule has 0 amide bonds. The van der Waals surface area contributed by atoms with E-state index < -0.39 is 13.3 Å². The average Bonchev–Trinajstić information content (AvgIpc) is 3.25. The van der Waals surface area contributed by atoms with Gasteiger partial charge >= 0.3 is 218 Å². The third-order valence-electron chi connectivity index (χ3n) is 7.24. The number of rotatable bonds is 5. The van der Waals surface area contributed by atoms with Crippen LogP contribution in [-0.4, -0.2) is 17.9 Å². The molecule has 1 aromatic heterocycles. The van der Waals surface area contributed by atoms with Crippen LogP contribution in [0.25, 0.3) is 0 Å². The van der Waals surface area contributed by atoms with E-state index in [4.69, 9.17) is 0 Å². The molecule has 1 heterocycles. The Morgan fingerprint density at radius 3 is 1.14 bits per heavy atom.